The number of rotatable bonds is 2. The summed E-state index contributed by atoms with van der Waals surface area (Å²) in [6, 6.07) is 0.258. The zero-order valence-electron chi connectivity index (χ0n) is 11.7. The van der Waals surface area contributed by atoms with Crippen LogP contribution in [0.3, 0.4) is 0 Å². The van der Waals surface area contributed by atoms with Crippen molar-refractivity contribution in [3.63, 3.8) is 0 Å². The average Bonchev–Trinajstić information content (AvgIpc) is 2.94. The molecule has 6 nitrogen and oxygen atoms in total. The number of carbonyl (C=O) groups is 2. The van der Waals surface area contributed by atoms with Gasteiger partial charge in [0.25, 0.3) is 5.91 Å². The standard InChI is InChI=1S/C14H20N4O2/c1-2-17-8-10(7-15-17)14(20)18-9-13(19)16-11-5-3-4-6-12(11)18/h7-8,11-12H,2-6,9H2,1H3,(H,16,19). The molecule has 0 bridgehead atoms. The third-order valence-corrected chi connectivity index (χ3v) is 4.26. The fourth-order valence-corrected chi connectivity index (χ4v) is 3.21. The van der Waals surface area contributed by atoms with Gasteiger partial charge in [0.05, 0.1) is 17.8 Å². The van der Waals surface area contributed by atoms with Crippen molar-refractivity contribution in [3.05, 3.63) is 18.0 Å². The first-order valence-electron chi connectivity index (χ1n) is 7.32. The molecule has 1 aromatic heterocycles. The minimum atomic E-state index is -0.0727. The van der Waals surface area contributed by atoms with Crippen molar-refractivity contribution in [2.45, 2.75) is 51.2 Å². The molecule has 2 aliphatic rings. The Labute approximate surface area is 118 Å². The quantitative estimate of drug-likeness (QED) is 0.868. The van der Waals surface area contributed by atoms with Crippen LogP contribution in [0.5, 0.6) is 0 Å². The Kier molecular flexibility index (Phi) is 3.46. The molecule has 1 saturated heterocycles. The van der Waals surface area contributed by atoms with Crippen molar-refractivity contribution in [1.82, 2.24) is 20.0 Å². The van der Waals surface area contributed by atoms with Gasteiger partial charge in [-0.25, -0.2) is 0 Å². The maximum Gasteiger partial charge on any atom is 0.257 e. The topological polar surface area (TPSA) is 67.2 Å². The molecule has 2 heterocycles. The molecule has 1 aliphatic heterocycles. The fourth-order valence-electron chi connectivity index (χ4n) is 3.21. The molecule has 2 atom stereocenters. The van der Waals surface area contributed by atoms with E-state index in [0.717, 1.165) is 32.2 Å². The molecule has 0 aromatic carbocycles. The Balaban J connectivity index is 1.82. The van der Waals surface area contributed by atoms with Gasteiger partial charge in [0, 0.05) is 18.8 Å². The number of fused-ring (bicyclic) bond motifs is 1. The van der Waals surface area contributed by atoms with Crippen LogP contribution in [-0.2, 0) is 11.3 Å². The number of aryl methyl sites for hydroxylation is 1. The first kappa shape index (κ1) is 13.1. The van der Waals surface area contributed by atoms with Crippen LogP contribution in [0.2, 0.25) is 0 Å². The molecule has 1 saturated carbocycles. The van der Waals surface area contributed by atoms with E-state index >= 15 is 0 Å². The fraction of sp³-hybridized carbons (Fsp3) is 0.643. The highest BCUT2D eigenvalue weighted by Crippen LogP contribution is 2.26. The van der Waals surface area contributed by atoms with Crippen molar-refractivity contribution in [2.75, 3.05) is 6.54 Å². The summed E-state index contributed by atoms with van der Waals surface area (Å²) in [5, 5.41) is 7.16. The van der Waals surface area contributed by atoms with Crippen molar-refractivity contribution in [2.24, 2.45) is 0 Å². The molecular formula is C14H20N4O2. The summed E-state index contributed by atoms with van der Waals surface area (Å²) >= 11 is 0. The molecular weight excluding hydrogens is 256 g/mol. The highest BCUT2D eigenvalue weighted by molar-refractivity contribution is 5.97. The van der Waals surface area contributed by atoms with E-state index in [4.69, 9.17) is 0 Å². The minimum absolute atomic E-state index is 0.0515. The van der Waals surface area contributed by atoms with Gasteiger partial charge in [-0.15, -0.1) is 0 Å². The Morgan fingerprint density at radius 1 is 1.45 bits per heavy atom. The lowest BCUT2D eigenvalue weighted by molar-refractivity contribution is -0.127. The van der Waals surface area contributed by atoms with Gasteiger partial charge < -0.3 is 10.2 Å². The van der Waals surface area contributed by atoms with E-state index in [-0.39, 0.29) is 30.4 Å². The molecule has 1 aromatic rings. The maximum absolute atomic E-state index is 12.6. The lowest BCUT2D eigenvalue weighted by Crippen LogP contribution is -2.62. The number of nitrogens with one attached hydrogen (secondary N) is 1. The summed E-state index contributed by atoms with van der Waals surface area (Å²) in [4.78, 5) is 26.2. The van der Waals surface area contributed by atoms with Gasteiger partial charge in [0.15, 0.2) is 0 Å². The van der Waals surface area contributed by atoms with Gasteiger partial charge in [0.2, 0.25) is 5.91 Å². The molecule has 3 rings (SSSR count). The van der Waals surface area contributed by atoms with E-state index < -0.39 is 0 Å². The smallest absolute Gasteiger partial charge is 0.257 e. The molecule has 6 heteroatoms. The van der Waals surface area contributed by atoms with Crippen LogP contribution < -0.4 is 5.32 Å². The lowest BCUT2D eigenvalue weighted by atomic mass is 9.87. The molecule has 0 spiro atoms. The van der Waals surface area contributed by atoms with Crippen LogP contribution in [0, 0.1) is 0 Å². The molecule has 2 fully saturated rings. The Morgan fingerprint density at radius 3 is 3.00 bits per heavy atom. The van der Waals surface area contributed by atoms with E-state index in [9.17, 15) is 9.59 Å². The van der Waals surface area contributed by atoms with E-state index in [1.165, 1.54) is 0 Å². The second-order valence-electron chi connectivity index (χ2n) is 5.54. The highest BCUT2D eigenvalue weighted by atomic mass is 16.2. The van der Waals surface area contributed by atoms with Crippen LogP contribution in [-0.4, -0.2) is 45.1 Å². The number of hydrogen-bond acceptors (Lipinski definition) is 3. The van der Waals surface area contributed by atoms with E-state index in [1.54, 1.807) is 22.0 Å². The first-order chi connectivity index (χ1) is 9.69. The number of piperazine rings is 1. The molecule has 108 valence electrons. The second kappa shape index (κ2) is 5.26. The SMILES string of the molecule is CCn1cc(C(=O)N2CC(=O)NC3CCCCC32)cn1. The number of carbonyl (C=O) groups excluding carboxylic acids is 2. The van der Waals surface area contributed by atoms with Crippen molar-refractivity contribution < 1.29 is 9.59 Å². The van der Waals surface area contributed by atoms with Crippen LogP contribution in [0.15, 0.2) is 12.4 Å². The third-order valence-electron chi connectivity index (χ3n) is 4.26. The van der Waals surface area contributed by atoms with Gasteiger partial charge in [-0.2, -0.15) is 5.10 Å². The number of nitrogens with zero attached hydrogens (tertiary/aromatic N) is 3. The van der Waals surface area contributed by atoms with Crippen LogP contribution in [0.25, 0.3) is 0 Å². The molecule has 2 amide bonds. The van der Waals surface area contributed by atoms with Gasteiger partial charge in [-0.1, -0.05) is 12.8 Å². The van der Waals surface area contributed by atoms with E-state index in [1.807, 2.05) is 6.92 Å². The summed E-state index contributed by atoms with van der Waals surface area (Å²) in [5.74, 6) is -0.124. The summed E-state index contributed by atoms with van der Waals surface area (Å²) < 4.78 is 1.73. The number of hydrogen-bond donors (Lipinski definition) is 1. The zero-order chi connectivity index (χ0) is 14.1. The predicted octanol–water partition coefficient (Wildman–Crippen LogP) is 0.786. The first-order valence-corrected chi connectivity index (χ1v) is 7.32. The summed E-state index contributed by atoms with van der Waals surface area (Å²) in [5.41, 5.74) is 0.575. The lowest BCUT2D eigenvalue weighted by Gasteiger charge is -2.43. The Bertz CT molecular complexity index is 525. The number of aromatic nitrogens is 2. The molecule has 20 heavy (non-hydrogen) atoms. The highest BCUT2D eigenvalue weighted by Gasteiger charge is 2.39. The molecule has 2 unspecified atom stereocenters. The van der Waals surface area contributed by atoms with E-state index in [0.29, 0.717) is 5.56 Å². The average molecular weight is 276 g/mol. The van der Waals surface area contributed by atoms with Crippen molar-refractivity contribution >= 4 is 11.8 Å². The van der Waals surface area contributed by atoms with Gasteiger partial charge in [-0.3, -0.25) is 14.3 Å². The number of amides is 2. The monoisotopic (exact) mass is 276 g/mol. The molecule has 1 aliphatic carbocycles. The van der Waals surface area contributed by atoms with Gasteiger partial charge in [-0.05, 0) is 19.8 Å². The maximum atomic E-state index is 12.6. The van der Waals surface area contributed by atoms with Crippen LogP contribution in [0.1, 0.15) is 43.0 Å². The third kappa shape index (κ3) is 2.30. The normalized spacial score (nSPS) is 26.1. The van der Waals surface area contributed by atoms with Crippen molar-refractivity contribution in [1.29, 1.82) is 0 Å². The van der Waals surface area contributed by atoms with Gasteiger partial charge >= 0.3 is 0 Å². The minimum Gasteiger partial charge on any atom is -0.350 e. The molecule has 0 radical (unpaired) electrons. The van der Waals surface area contributed by atoms with E-state index in [2.05, 4.69) is 10.4 Å². The summed E-state index contributed by atoms with van der Waals surface area (Å²) in [6.07, 6.45) is 7.53. The second-order valence-corrected chi connectivity index (χ2v) is 5.54. The van der Waals surface area contributed by atoms with Crippen LogP contribution in [0.4, 0.5) is 0 Å². The summed E-state index contributed by atoms with van der Waals surface area (Å²) in [6.45, 7) is 2.88. The molecule has 1 N–H and O–H groups in total. The Hall–Kier alpha value is -1.85. The predicted molar refractivity (Wildman–Crippen MR) is 73.1 cm³/mol. The Morgan fingerprint density at radius 2 is 2.25 bits per heavy atom. The summed E-state index contributed by atoms with van der Waals surface area (Å²) in [7, 11) is 0. The van der Waals surface area contributed by atoms with Crippen LogP contribution >= 0.6 is 0 Å². The van der Waals surface area contributed by atoms with Crippen molar-refractivity contribution in [3.8, 4) is 0 Å². The zero-order valence-corrected chi connectivity index (χ0v) is 11.7. The van der Waals surface area contributed by atoms with Gasteiger partial charge in [0.1, 0.15) is 6.54 Å². The largest absolute Gasteiger partial charge is 0.350 e.